The summed E-state index contributed by atoms with van der Waals surface area (Å²) >= 11 is 0. The van der Waals surface area contributed by atoms with Crippen molar-refractivity contribution >= 4 is 39.7 Å². The third-order valence-corrected chi connectivity index (χ3v) is 17.5. The Morgan fingerprint density at radius 2 is 0.733 bits per heavy atom. The van der Waals surface area contributed by atoms with Crippen LogP contribution in [0.1, 0.15) is 147 Å². The highest BCUT2D eigenvalue weighted by Crippen LogP contribution is 2.69. The van der Waals surface area contributed by atoms with E-state index < -0.39 is 10.8 Å². The lowest BCUT2D eigenvalue weighted by molar-refractivity contribution is 0.586. The fourth-order valence-corrected chi connectivity index (χ4v) is 13.5. The van der Waals surface area contributed by atoms with Crippen molar-refractivity contribution in [2.45, 2.75) is 110 Å². The van der Waals surface area contributed by atoms with Gasteiger partial charge in [0.25, 0.3) is 0 Å². The summed E-state index contributed by atoms with van der Waals surface area (Å²) in [5, 5.41) is 0. The predicted molar refractivity (Wildman–Crippen MR) is 318 cm³/mol. The fourth-order valence-electron chi connectivity index (χ4n) is 13.5. The van der Waals surface area contributed by atoms with E-state index in [0.717, 1.165) is 16.8 Å². The van der Waals surface area contributed by atoms with Crippen molar-refractivity contribution < 1.29 is 0 Å². The zero-order chi connectivity index (χ0) is 52.3. The highest BCUT2D eigenvalue weighted by Gasteiger charge is 2.57. The second-order valence-electron chi connectivity index (χ2n) is 25.3. The highest BCUT2D eigenvalue weighted by molar-refractivity contribution is 6.02. The molecule has 0 N–H and O–H groups in total. The molecule has 2 aliphatic carbocycles. The second-order valence-corrected chi connectivity index (χ2v) is 25.3. The standard InChI is InChI=1S/C73H68N2/c1-44(2)47-26-34-53-55-42-62-56(43-63(55)73(60(53)38-47)58-19-15-16-20-65(58)74(51-30-22-45(3)23-31-51)67-37-29-49(40-64(67)73)70(8,9)10)54-35-27-48(69(5,6)7)39-61(54)72(62)57-18-14-17-21-66(57)75(52-32-24-46(4)25-33-52)68-41-50(71(11,12)13)28-36-59(68)72/h14-43H,1H2,2-13H3. The molecule has 13 rings (SSSR count). The Morgan fingerprint density at radius 3 is 1.25 bits per heavy atom. The average Bonchev–Trinajstić information content (AvgIpc) is 4.09. The Hall–Kier alpha value is -7.68. The van der Waals surface area contributed by atoms with Crippen LogP contribution >= 0.6 is 0 Å². The topological polar surface area (TPSA) is 6.48 Å². The Kier molecular flexibility index (Phi) is 9.99. The van der Waals surface area contributed by atoms with Crippen LogP contribution in [-0.4, -0.2) is 0 Å². The number of nitrogens with zero attached hydrogens (tertiary/aromatic N) is 2. The number of para-hydroxylation sites is 2. The van der Waals surface area contributed by atoms with Crippen molar-refractivity contribution in [2.24, 2.45) is 0 Å². The van der Waals surface area contributed by atoms with Gasteiger partial charge in [0.2, 0.25) is 0 Å². The van der Waals surface area contributed by atoms with Crippen molar-refractivity contribution in [3.8, 4) is 22.3 Å². The van der Waals surface area contributed by atoms with E-state index in [1.807, 2.05) is 0 Å². The van der Waals surface area contributed by atoms with Crippen molar-refractivity contribution in [1.29, 1.82) is 0 Å². The van der Waals surface area contributed by atoms with Gasteiger partial charge in [-0.25, -0.2) is 0 Å². The largest absolute Gasteiger partial charge is 0.310 e. The van der Waals surface area contributed by atoms with Crippen LogP contribution in [0.5, 0.6) is 0 Å². The van der Waals surface area contributed by atoms with Gasteiger partial charge in [-0.15, -0.1) is 0 Å². The molecule has 2 spiro atoms. The summed E-state index contributed by atoms with van der Waals surface area (Å²) in [6.07, 6.45) is 0. The van der Waals surface area contributed by atoms with E-state index >= 15 is 0 Å². The summed E-state index contributed by atoms with van der Waals surface area (Å²) in [5.41, 5.74) is 30.0. The Labute approximate surface area is 446 Å². The highest BCUT2D eigenvalue weighted by atomic mass is 15.2. The minimum absolute atomic E-state index is 0.0705. The molecule has 9 aromatic carbocycles. The number of rotatable bonds is 3. The van der Waals surface area contributed by atoms with E-state index in [1.165, 1.54) is 123 Å². The average molecular weight is 973 g/mol. The van der Waals surface area contributed by atoms with E-state index in [2.05, 4.69) is 281 Å². The van der Waals surface area contributed by atoms with Gasteiger partial charge in [0.15, 0.2) is 0 Å². The molecule has 2 heteroatoms. The van der Waals surface area contributed by atoms with E-state index in [4.69, 9.17) is 0 Å². The third-order valence-electron chi connectivity index (χ3n) is 17.5. The normalized spacial score (nSPS) is 17.7. The molecule has 0 fully saturated rings. The van der Waals surface area contributed by atoms with Gasteiger partial charge >= 0.3 is 0 Å². The molecule has 0 saturated carbocycles. The van der Waals surface area contributed by atoms with Gasteiger partial charge in [-0.05, 0) is 193 Å². The van der Waals surface area contributed by atoms with Crippen LogP contribution in [0.2, 0.25) is 0 Å². The lowest BCUT2D eigenvalue weighted by atomic mass is 9.62. The molecular weight excluding hydrogens is 905 g/mol. The number of aryl methyl sites for hydroxylation is 2. The monoisotopic (exact) mass is 973 g/mol. The van der Waals surface area contributed by atoms with Crippen LogP contribution in [0.15, 0.2) is 189 Å². The summed E-state index contributed by atoms with van der Waals surface area (Å²) in [6.45, 7) is 32.2. The molecule has 0 bridgehead atoms. The molecule has 2 atom stereocenters. The van der Waals surface area contributed by atoms with Crippen LogP contribution in [0.3, 0.4) is 0 Å². The summed E-state index contributed by atoms with van der Waals surface area (Å²) in [5.74, 6) is 0. The van der Waals surface area contributed by atoms with Gasteiger partial charge < -0.3 is 9.80 Å². The molecule has 0 radical (unpaired) electrons. The first-order chi connectivity index (χ1) is 35.7. The number of benzene rings is 9. The predicted octanol–water partition coefficient (Wildman–Crippen LogP) is 19.5. The van der Waals surface area contributed by atoms with Gasteiger partial charge in [0.05, 0.1) is 33.6 Å². The molecule has 370 valence electrons. The number of fused-ring (bicyclic) bond motifs is 18. The number of hydrogen-bond donors (Lipinski definition) is 0. The molecule has 0 saturated heterocycles. The van der Waals surface area contributed by atoms with Crippen molar-refractivity contribution in [1.82, 2.24) is 0 Å². The minimum Gasteiger partial charge on any atom is -0.310 e. The van der Waals surface area contributed by atoms with Crippen LogP contribution in [0, 0.1) is 13.8 Å². The van der Waals surface area contributed by atoms with Gasteiger partial charge in [-0.3, -0.25) is 0 Å². The summed E-state index contributed by atoms with van der Waals surface area (Å²) in [6, 6.07) is 71.6. The molecule has 2 heterocycles. The molecule has 0 amide bonds. The molecule has 0 aromatic heterocycles. The van der Waals surface area contributed by atoms with Gasteiger partial charge in [-0.2, -0.15) is 0 Å². The zero-order valence-corrected chi connectivity index (χ0v) is 45.9. The molecule has 4 aliphatic rings. The maximum Gasteiger partial charge on any atom is 0.0754 e. The van der Waals surface area contributed by atoms with Gasteiger partial charge in [0, 0.05) is 11.4 Å². The van der Waals surface area contributed by atoms with Crippen LogP contribution in [0.4, 0.5) is 34.1 Å². The Balaban J connectivity index is 1.20. The molecule has 9 aromatic rings. The number of anilines is 6. The molecule has 2 nitrogen and oxygen atoms in total. The lowest BCUT2D eigenvalue weighted by Gasteiger charge is -2.46. The molecule has 2 unspecified atom stereocenters. The van der Waals surface area contributed by atoms with Crippen LogP contribution in [0.25, 0.3) is 27.8 Å². The van der Waals surface area contributed by atoms with E-state index in [1.54, 1.807) is 0 Å². The fraction of sp³-hybridized carbons (Fsp3) is 0.233. The zero-order valence-electron chi connectivity index (χ0n) is 45.9. The maximum atomic E-state index is 4.57. The summed E-state index contributed by atoms with van der Waals surface area (Å²) in [4.78, 5) is 5.07. The van der Waals surface area contributed by atoms with Crippen LogP contribution < -0.4 is 9.80 Å². The number of hydrogen-bond acceptors (Lipinski definition) is 2. The van der Waals surface area contributed by atoms with Crippen molar-refractivity contribution in [3.05, 3.63) is 266 Å². The first kappa shape index (κ1) is 47.1. The van der Waals surface area contributed by atoms with Crippen LogP contribution in [-0.2, 0) is 27.1 Å². The SMILES string of the molecule is C=C(C)c1ccc2c(c1)C1(c3cc4c(cc3-2)C2(c3cc(C(C)(C)C)ccc3-4)c3ccccc3N(c3ccc(C)cc3)c3cc(C(C)(C)C)ccc32)c2ccccc2N(c2ccc(C)cc2)c2ccc(C(C)(C)C)cc21. The minimum atomic E-state index is -0.674. The van der Waals surface area contributed by atoms with Gasteiger partial charge in [0.1, 0.15) is 0 Å². The summed E-state index contributed by atoms with van der Waals surface area (Å²) in [7, 11) is 0. The van der Waals surface area contributed by atoms with E-state index in [9.17, 15) is 0 Å². The van der Waals surface area contributed by atoms with Crippen molar-refractivity contribution in [3.63, 3.8) is 0 Å². The second kappa shape index (κ2) is 15.9. The van der Waals surface area contributed by atoms with E-state index in [-0.39, 0.29) is 16.2 Å². The first-order valence-electron chi connectivity index (χ1n) is 27.1. The molecule has 2 aliphatic heterocycles. The smallest absolute Gasteiger partial charge is 0.0754 e. The summed E-state index contributed by atoms with van der Waals surface area (Å²) < 4.78 is 0. The lowest BCUT2D eigenvalue weighted by Crippen LogP contribution is -2.37. The molecular formula is C73H68N2. The number of allylic oxidation sites excluding steroid dienone is 1. The third kappa shape index (κ3) is 6.57. The van der Waals surface area contributed by atoms with E-state index in [0.29, 0.717) is 0 Å². The first-order valence-corrected chi connectivity index (χ1v) is 27.1. The van der Waals surface area contributed by atoms with Crippen molar-refractivity contribution in [2.75, 3.05) is 9.80 Å². The molecule has 75 heavy (non-hydrogen) atoms. The Bertz CT molecular complexity index is 3880. The Morgan fingerprint density at radius 1 is 0.347 bits per heavy atom. The van der Waals surface area contributed by atoms with Gasteiger partial charge in [-0.1, -0.05) is 201 Å². The quantitative estimate of drug-likeness (QED) is 0.174. The maximum absolute atomic E-state index is 4.57.